The monoisotopic (exact) mass is 437 g/mol. The van der Waals surface area contributed by atoms with Crippen LogP contribution in [0.25, 0.3) is 0 Å². The zero-order valence-corrected chi connectivity index (χ0v) is 18.7. The third kappa shape index (κ3) is 6.39. The lowest BCUT2D eigenvalue weighted by molar-refractivity contribution is 0.251. The summed E-state index contributed by atoms with van der Waals surface area (Å²) in [7, 11) is -3.49. The van der Waals surface area contributed by atoms with Crippen molar-refractivity contribution in [2.24, 2.45) is 0 Å². The summed E-state index contributed by atoms with van der Waals surface area (Å²) in [6, 6.07) is 17.1. The number of carbonyl (C=O) groups is 1. The van der Waals surface area contributed by atoms with Crippen LogP contribution in [0.15, 0.2) is 78.0 Å². The zero-order valence-electron chi connectivity index (χ0n) is 17.9. The summed E-state index contributed by atoms with van der Waals surface area (Å²) in [4.78, 5) is 16.3. The van der Waals surface area contributed by atoms with E-state index in [-0.39, 0.29) is 22.1 Å². The minimum atomic E-state index is -3.49. The van der Waals surface area contributed by atoms with Gasteiger partial charge in [0.15, 0.2) is 9.84 Å². The molecule has 1 heterocycles. The number of hydrogen-bond donors (Lipinski definition) is 2. The quantitative estimate of drug-likeness (QED) is 0.586. The number of aromatic nitrogens is 1. The van der Waals surface area contributed by atoms with Crippen LogP contribution >= 0.6 is 0 Å². The first kappa shape index (κ1) is 22.5. The maximum atomic E-state index is 12.8. The molecule has 0 fully saturated rings. The number of anilines is 1. The number of rotatable bonds is 6. The Kier molecular flexibility index (Phi) is 6.75. The Bertz CT molecular complexity index is 1120. The third-order valence-electron chi connectivity index (χ3n) is 4.82. The van der Waals surface area contributed by atoms with Gasteiger partial charge < -0.3 is 10.6 Å². The summed E-state index contributed by atoms with van der Waals surface area (Å²) < 4.78 is 25.5. The molecule has 0 spiro atoms. The van der Waals surface area contributed by atoms with E-state index in [2.05, 4.69) is 36.4 Å². The predicted molar refractivity (Wildman–Crippen MR) is 123 cm³/mol. The maximum absolute atomic E-state index is 12.8. The molecule has 0 aliphatic heterocycles. The molecule has 2 aromatic carbocycles. The molecular weight excluding hydrogens is 410 g/mol. The summed E-state index contributed by atoms with van der Waals surface area (Å²) in [6.07, 6.45) is 3.34. The van der Waals surface area contributed by atoms with Crippen LogP contribution in [0, 0.1) is 0 Å². The van der Waals surface area contributed by atoms with Gasteiger partial charge in [-0.05, 0) is 52.4 Å². The highest BCUT2D eigenvalue weighted by Gasteiger charge is 2.17. The Morgan fingerprint density at radius 3 is 2.19 bits per heavy atom. The minimum Gasteiger partial charge on any atom is -0.334 e. The second kappa shape index (κ2) is 9.31. The summed E-state index contributed by atoms with van der Waals surface area (Å²) in [6.45, 7) is 6.70. The van der Waals surface area contributed by atoms with Crippen molar-refractivity contribution < 1.29 is 13.2 Å². The van der Waals surface area contributed by atoms with E-state index in [0.717, 1.165) is 16.7 Å². The number of sulfone groups is 1. The van der Waals surface area contributed by atoms with Crippen molar-refractivity contribution in [2.45, 2.75) is 43.4 Å². The molecule has 0 saturated carbocycles. The summed E-state index contributed by atoms with van der Waals surface area (Å²) in [5, 5.41) is 5.43. The molecule has 3 rings (SSSR count). The first-order valence-electron chi connectivity index (χ1n) is 9.99. The van der Waals surface area contributed by atoms with Gasteiger partial charge >= 0.3 is 6.03 Å². The van der Waals surface area contributed by atoms with Crippen LogP contribution in [0.3, 0.4) is 0 Å². The van der Waals surface area contributed by atoms with E-state index in [1.165, 1.54) is 12.1 Å². The van der Waals surface area contributed by atoms with Gasteiger partial charge in [-0.15, -0.1) is 0 Å². The fourth-order valence-electron chi connectivity index (χ4n) is 3.01. The highest BCUT2D eigenvalue weighted by molar-refractivity contribution is 7.90. The Morgan fingerprint density at radius 2 is 1.61 bits per heavy atom. The summed E-state index contributed by atoms with van der Waals surface area (Å²) in [5.74, 6) is -0.0736. The minimum absolute atomic E-state index is 0.0184. The number of nitrogens with zero attached hydrogens (tertiary/aromatic N) is 1. The number of carbonyl (C=O) groups excluding carboxylic acids is 1. The van der Waals surface area contributed by atoms with E-state index in [9.17, 15) is 13.2 Å². The van der Waals surface area contributed by atoms with Crippen LogP contribution in [0.2, 0.25) is 0 Å². The largest absolute Gasteiger partial charge is 0.334 e. The lowest BCUT2D eigenvalue weighted by atomic mass is 9.87. The molecule has 0 saturated heterocycles. The highest BCUT2D eigenvalue weighted by atomic mass is 32.2. The fourth-order valence-corrected chi connectivity index (χ4v) is 4.36. The molecule has 0 bridgehead atoms. The maximum Gasteiger partial charge on any atom is 0.319 e. The van der Waals surface area contributed by atoms with Gasteiger partial charge in [-0.3, -0.25) is 4.98 Å². The van der Waals surface area contributed by atoms with E-state index in [0.29, 0.717) is 12.2 Å². The number of benzene rings is 2. The van der Waals surface area contributed by atoms with Crippen molar-refractivity contribution >= 4 is 21.6 Å². The van der Waals surface area contributed by atoms with Gasteiger partial charge in [0.05, 0.1) is 10.6 Å². The first-order chi connectivity index (χ1) is 14.6. The number of hydrogen-bond acceptors (Lipinski definition) is 4. The van der Waals surface area contributed by atoms with Crippen LogP contribution in [-0.2, 0) is 27.5 Å². The molecule has 3 aromatic rings. The van der Waals surface area contributed by atoms with Crippen molar-refractivity contribution in [3.8, 4) is 0 Å². The lowest BCUT2D eigenvalue weighted by Crippen LogP contribution is -2.28. The summed E-state index contributed by atoms with van der Waals surface area (Å²) in [5.41, 5.74) is 3.31. The molecule has 2 N–H and O–H groups in total. The van der Waals surface area contributed by atoms with Gasteiger partial charge in [0.1, 0.15) is 0 Å². The van der Waals surface area contributed by atoms with Crippen LogP contribution < -0.4 is 10.6 Å². The Hall–Kier alpha value is -3.19. The van der Waals surface area contributed by atoms with Crippen molar-refractivity contribution in [3.05, 3.63) is 89.7 Å². The molecule has 0 aliphatic rings. The van der Waals surface area contributed by atoms with Crippen molar-refractivity contribution in [2.75, 3.05) is 5.32 Å². The Morgan fingerprint density at radius 1 is 0.935 bits per heavy atom. The Balaban J connectivity index is 1.60. The lowest BCUT2D eigenvalue weighted by Gasteiger charge is -2.19. The van der Waals surface area contributed by atoms with Gasteiger partial charge in [0.25, 0.3) is 0 Å². The zero-order chi connectivity index (χ0) is 22.5. The molecule has 31 heavy (non-hydrogen) atoms. The van der Waals surface area contributed by atoms with Gasteiger partial charge in [0, 0.05) is 24.6 Å². The molecule has 0 atom stereocenters. The predicted octanol–water partition coefficient (Wildman–Crippen LogP) is 4.67. The number of nitrogens with one attached hydrogen (secondary N) is 2. The molecule has 0 unspecified atom stereocenters. The van der Waals surface area contributed by atoms with Gasteiger partial charge in [-0.2, -0.15) is 0 Å². The fraction of sp³-hybridized carbons (Fsp3) is 0.250. The van der Waals surface area contributed by atoms with Gasteiger partial charge in [-0.25, -0.2) is 13.2 Å². The molecule has 0 aliphatic carbocycles. The van der Waals surface area contributed by atoms with Gasteiger partial charge in [0.2, 0.25) is 0 Å². The van der Waals surface area contributed by atoms with Crippen LogP contribution in [0.1, 0.15) is 37.5 Å². The number of urea groups is 1. The van der Waals surface area contributed by atoms with E-state index in [1.54, 1.807) is 30.6 Å². The highest BCUT2D eigenvalue weighted by Crippen LogP contribution is 2.24. The van der Waals surface area contributed by atoms with Crippen molar-refractivity contribution in [3.63, 3.8) is 0 Å². The molecule has 1 aromatic heterocycles. The van der Waals surface area contributed by atoms with Crippen molar-refractivity contribution in [1.82, 2.24) is 10.3 Å². The molecule has 0 radical (unpaired) electrons. The van der Waals surface area contributed by atoms with E-state index >= 15 is 0 Å². The second-order valence-corrected chi connectivity index (χ2v) is 10.4. The summed E-state index contributed by atoms with van der Waals surface area (Å²) >= 11 is 0. The normalized spacial score (nSPS) is 11.7. The van der Waals surface area contributed by atoms with Crippen molar-refractivity contribution in [1.29, 1.82) is 0 Å². The van der Waals surface area contributed by atoms with Crippen LogP contribution in [0.4, 0.5) is 10.5 Å². The van der Waals surface area contributed by atoms with Crippen LogP contribution in [-0.4, -0.2) is 19.4 Å². The SMILES string of the molecule is CC(C)(C)c1ccc(CS(=O)(=O)c2ccc(NC(=O)NCc3cccnc3)cc2)cc1. The average molecular weight is 438 g/mol. The topological polar surface area (TPSA) is 88.2 Å². The third-order valence-corrected chi connectivity index (χ3v) is 6.53. The molecule has 2 amide bonds. The standard InChI is InChI=1S/C24H27N3O3S/c1-24(2,3)20-8-6-18(7-9-20)17-31(29,30)22-12-10-21(11-13-22)27-23(28)26-16-19-5-4-14-25-15-19/h4-15H,16-17H2,1-3H3,(H2,26,27,28). The number of pyridine rings is 1. The molecule has 7 heteroatoms. The second-order valence-electron chi connectivity index (χ2n) is 8.40. The number of amides is 2. The van der Waals surface area contributed by atoms with Crippen LogP contribution in [0.5, 0.6) is 0 Å². The molecule has 6 nitrogen and oxygen atoms in total. The molecule has 162 valence electrons. The Labute approximate surface area is 183 Å². The smallest absolute Gasteiger partial charge is 0.319 e. The van der Waals surface area contributed by atoms with E-state index in [4.69, 9.17) is 0 Å². The first-order valence-corrected chi connectivity index (χ1v) is 11.6. The average Bonchev–Trinajstić information content (AvgIpc) is 2.73. The van der Waals surface area contributed by atoms with E-state index in [1.807, 2.05) is 30.3 Å². The molecular formula is C24H27N3O3S. The van der Waals surface area contributed by atoms with E-state index < -0.39 is 9.84 Å². The van der Waals surface area contributed by atoms with Gasteiger partial charge in [-0.1, -0.05) is 51.1 Å².